The summed E-state index contributed by atoms with van der Waals surface area (Å²) in [6.07, 6.45) is -0.0129. The Morgan fingerprint density at radius 3 is 2.62 bits per heavy atom. The largest absolute Gasteiger partial charge is 0.396 e. The molecule has 0 aliphatic carbocycles. The Bertz CT molecular complexity index is 524. The summed E-state index contributed by atoms with van der Waals surface area (Å²) < 4.78 is 31.8. The van der Waals surface area contributed by atoms with Crippen LogP contribution in [-0.4, -0.2) is 38.6 Å². The van der Waals surface area contributed by atoms with Gasteiger partial charge in [-0.2, -0.15) is 0 Å². The summed E-state index contributed by atoms with van der Waals surface area (Å²) in [6.45, 7) is 0.672. The third kappa shape index (κ3) is 4.99. The van der Waals surface area contributed by atoms with Crippen LogP contribution in [0.25, 0.3) is 0 Å². The predicted molar refractivity (Wildman–Crippen MR) is 72.6 cm³/mol. The van der Waals surface area contributed by atoms with Crippen molar-refractivity contribution in [2.45, 2.75) is 6.42 Å². The van der Waals surface area contributed by atoms with E-state index in [-0.39, 0.29) is 24.6 Å². The van der Waals surface area contributed by atoms with Crippen LogP contribution < -0.4 is 16.4 Å². The first-order valence-electron chi connectivity index (χ1n) is 6.24. The quantitative estimate of drug-likeness (QED) is 0.503. The standard InChI is InChI=1S/C13H17F2N3O3/c1-21-7-6-17-10(19)4-5-18-13(20)11-8(14)2-3-9(16)12(11)15/h2-3H,4-7,16H2,1H3,(H,17,19)(H,18,20). The zero-order chi connectivity index (χ0) is 15.8. The van der Waals surface area contributed by atoms with Crippen LogP contribution in [0.15, 0.2) is 12.1 Å². The third-order valence-corrected chi connectivity index (χ3v) is 2.61. The fraction of sp³-hybridized carbons (Fsp3) is 0.385. The Labute approximate surface area is 120 Å². The second-order valence-electron chi connectivity index (χ2n) is 4.17. The van der Waals surface area contributed by atoms with E-state index >= 15 is 0 Å². The zero-order valence-electron chi connectivity index (χ0n) is 11.5. The minimum Gasteiger partial charge on any atom is -0.396 e. The van der Waals surface area contributed by atoms with Gasteiger partial charge in [0.2, 0.25) is 5.91 Å². The van der Waals surface area contributed by atoms with Crippen LogP contribution in [-0.2, 0) is 9.53 Å². The number of anilines is 1. The summed E-state index contributed by atoms with van der Waals surface area (Å²) in [5, 5.41) is 4.81. The topological polar surface area (TPSA) is 93.5 Å². The van der Waals surface area contributed by atoms with Crippen LogP contribution in [0.2, 0.25) is 0 Å². The van der Waals surface area contributed by atoms with Gasteiger partial charge in [0.05, 0.1) is 12.3 Å². The third-order valence-electron chi connectivity index (χ3n) is 2.61. The number of ether oxygens (including phenoxy) is 1. The highest BCUT2D eigenvalue weighted by Crippen LogP contribution is 2.18. The molecular weight excluding hydrogens is 284 g/mol. The van der Waals surface area contributed by atoms with Gasteiger partial charge < -0.3 is 21.1 Å². The van der Waals surface area contributed by atoms with Crippen molar-refractivity contribution in [1.82, 2.24) is 10.6 Å². The van der Waals surface area contributed by atoms with Gasteiger partial charge in [0.15, 0.2) is 5.82 Å². The summed E-state index contributed by atoms with van der Waals surface area (Å²) in [5.41, 5.74) is 4.20. The molecule has 0 atom stereocenters. The number of nitrogen functional groups attached to an aromatic ring is 1. The van der Waals surface area contributed by atoms with E-state index in [1.807, 2.05) is 0 Å². The number of benzene rings is 1. The van der Waals surface area contributed by atoms with E-state index in [9.17, 15) is 18.4 Å². The Morgan fingerprint density at radius 1 is 1.24 bits per heavy atom. The van der Waals surface area contributed by atoms with Crippen molar-refractivity contribution in [3.05, 3.63) is 29.3 Å². The molecule has 0 spiro atoms. The molecule has 0 saturated heterocycles. The molecule has 116 valence electrons. The molecule has 0 aliphatic heterocycles. The van der Waals surface area contributed by atoms with Crippen LogP contribution in [0.4, 0.5) is 14.5 Å². The first-order valence-corrected chi connectivity index (χ1v) is 6.24. The number of hydrogen-bond acceptors (Lipinski definition) is 4. The normalized spacial score (nSPS) is 10.2. The second-order valence-corrected chi connectivity index (χ2v) is 4.17. The molecule has 0 aromatic heterocycles. The first-order chi connectivity index (χ1) is 9.97. The van der Waals surface area contributed by atoms with Crippen molar-refractivity contribution in [3.8, 4) is 0 Å². The molecular formula is C13H17F2N3O3. The van der Waals surface area contributed by atoms with Gasteiger partial charge in [0, 0.05) is 26.6 Å². The van der Waals surface area contributed by atoms with Gasteiger partial charge in [-0.25, -0.2) is 8.78 Å². The average Bonchev–Trinajstić information content (AvgIpc) is 2.44. The molecule has 4 N–H and O–H groups in total. The van der Waals surface area contributed by atoms with E-state index in [2.05, 4.69) is 10.6 Å². The first kappa shape index (κ1) is 16.8. The molecule has 0 fully saturated rings. The van der Waals surface area contributed by atoms with E-state index in [4.69, 9.17) is 10.5 Å². The van der Waals surface area contributed by atoms with Gasteiger partial charge in [0.1, 0.15) is 11.4 Å². The number of carbonyl (C=O) groups excluding carboxylic acids is 2. The number of amides is 2. The highest BCUT2D eigenvalue weighted by atomic mass is 19.1. The van der Waals surface area contributed by atoms with Crippen molar-refractivity contribution in [2.75, 3.05) is 32.5 Å². The molecule has 0 aliphatic rings. The fourth-order valence-electron chi connectivity index (χ4n) is 1.54. The van der Waals surface area contributed by atoms with E-state index in [0.29, 0.717) is 13.2 Å². The van der Waals surface area contributed by atoms with Crippen molar-refractivity contribution in [2.24, 2.45) is 0 Å². The van der Waals surface area contributed by atoms with Gasteiger partial charge in [0.25, 0.3) is 5.91 Å². The van der Waals surface area contributed by atoms with Gasteiger partial charge >= 0.3 is 0 Å². The Morgan fingerprint density at radius 2 is 1.95 bits per heavy atom. The SMILES string of the molecule is COCCNC(=O)CCNC(=O)c1c(F)ccc(N)c1F. The second kappa shape index (κ2) is 8.15. The molecule has 1 aromatic rings. The number of methoxy groups -OCH3 is 1. The van der Waals surface area contributed by atoms with E-state index < -0.39 is 23.1 Å². The van der Waals surface area contributed by atoms with Crippen molar-refractivity contribution < 1.29 is 23.1 Å². The lowest BCUT2D eigenvalue weighted by Crippen LogP contribution is -2.33. The number of nitrogens with two attached hydrogens (primary N) is 1. The molecule has 8 heteroatoms. The number of halogens is 2. The molecule has 2 amide bonds. The maximum absolute atomic E-state index is 13.6. The lowest BCUT2D eigenvalue weighted by Gasteiger charge is -2.08. The van der Waals surface area contributed by atoms with Crippen LogP contribution in [0.3, 0.4) is 0 Å². The highest BCUT2D eigenvalue weighted by molar-refractivity contribution is 5.95. The van der Waals surface area contributed by atoms with E-state index in [1.54, 1.807) is 0 Å². The fourth-order valence-corrected chi connectivity index (χ4v) is 1.54. The van der Waals surface area contributed by atoms with Gasteiger partial charge in [-0.15, -0.1) is 0 Å². The minimum absolute atomic E-state index is 0.0129. The molecule has 6 nitrogen and oxygen atoms in total. The van der Waals surface area contributed by atoms with Crippen LogP contribution in [0.5, 0.6) is 0 Å². The number of rotatable bonds is 7. The Kier molecular flexibility index (Phi) is 6.54. The maximum Gasteiger partial charge on any atom is 0.257 e. The summed E-state index contributed by atoms with van der Waals surface area (Å²) in [4.78, 5) is 23.0. The van der Waals surface area contributed by atoms with Crippen LogP contribution in [0, 0.1) is 11.6 Å². The summed E-state index contributed by atoms with van der Waals surface area (Å²) in [7, 11) is 1.50. The Hall–Kier alpha value is -2.22. The van der Waals surface area contributed by atoms with E-state index in [0.717, 1.165) is 12.1 Å². The Balaban J connectivity index is 2.48. The lowest BCUT2D eigenvalue weighted by molar-refractivity contribution is -0.121. The maximum atomic E-state index is 13.6. The molecule has 0 bridgehead atoms. The summed E-state index contributed by atoms with van der Waals surface area (Å²) in [6, 6.07) is 1.94. The summed E-state index contributed by atoms with van der Waals surface area (Å²) >= 11 is 0. The summed E-state index contributed by atoms with van der Waals surface area (Å²) in [5.74, 6) is -3.39. The molecule has 1 rings (SSSR count). The average molecular weight is 301 g/mol. The molecule has 0 saturated carbocycles. The number of carbonyl (C=O) groups is 2. The smallest absolute Gasteiger partial charge is 0.257 e. The molecule has 0 unspecified atom stereocenters. The number of nitrogens with one attached hydrogen (secondary N) is 2. The molecule has 21 heavy (non-hydrogen) atoms. The van der Waals surface area contributed by atoms with Crippen LogP contribution in [0.1, 0.15) is 16.8 Å². The highest BCUT2D eigenvalue weighted by Gasteiger charge is 2.19. The van der Waals surface area contributed by atoms with E-state index in [1.165, 1.54) is 7.11 Å². The van der Waals surface area contributed by atoms with Gasteiger partial charge in [-0.3, -0.25) is 9.59 Å². The minimum atomic E-state index is -1.11. The number of hydrogen-bond donors (Lipinski definition) is 3. The van der Waals surface area contributed by atoms with Gasteiger partial charge in [-0.1, -0.05) is 0 Å². The van der Waals surface area contributed by atoms with Crippen molar-refractivity contribution in [1.29, 1.82) is 0 Å². The lowest BCUT2D eigenvalue weighted by atomic mass is 10.1. The molecule has 0 heterocycles. The van der Waals surface area contributed by atoms with Crippen LogP contribution >= 0.6 is 0 Å². The molecule has 1 aromatic carbocycles. The zero-order valence-corrected chi connectivity index (χ0v) is 11.5. The monoisotopic (exact) mass is 301 g/mol. The van der Waals surface area contributed by atoms with Crippen molar-refractivity contribution in [3.63, 3.8) is 0 Å². The predicted octanol–water partition coefficient (Wildman–Crippen LogP) is 0.429. The van der Waals surface area contributed by atoms with Crippen molar-refractivity contribution >= 4 is 17.5 Å². The molecule has 0 radical (unpaired) electrons. The van der Waals surface area contributed by atoms with Gasteiger partial charge in [-0.05, 0) is 12.1 Å².